The van der Waals surface area contributed by atoms with Gasteiger partial charge in [-0.15, -0.1) is 0 Å². The van der Waals surface area contributed by atoms with E-state index in [0.717, 1.165) is 5.56 Å². The lowest BCUT2D eigenvalue weighted by Crippen LogP contribution is -2.33. The number of hydrogen-bond acceptors (Lipinski definition) is 5. The Morgan fingerprint density at radius 2 is 2.04 bits per heavy atom. The SMILES string of the molecule is CC(=O)N1c2ccc(S(=O)(=O)Oc3ccc(C#N)cc3Cl)cc2CC1C. The van der Waals surface area contributed by atoms with E-state index in [1.165, 1.54) is 37.3 Å². The first-order valence-corrected chi connectivity index (χ1v) is 9.58. The number of nitrogens with zero attached hydrogens (tertiary/aromatic N) is 2. The van der Waals surface area contributed by atoms with Gasteiger partial charge in [-0.3, -0.25) is 4.79 Å². The van der Waals surface area contributed by atoms with Crippen LogP contribution in [0, 0.1) is 11.3 Å². The molecule has 0 spiro atoms. The number of halogens is 1. The van der Waals surface area contributed by atoms with E-state index in [-0.39, 0.29) is 27.6 Å². The first kappa shape index (κ1) is 18.2. The van der Waals surface area contributed by atoms with Gasteiger partial charge in [0.1, 0.15) is 4.90 Å². The van der Waals surface area contributed by atoms with Crippen LogP contribution in [0.4, 0.5) is 5.69 Å². The van der Waals surface area contributed by atoms with Crippen molar-refractivity contribution >= 4 is 33.3 Å². The Morgan fingerprint density at radius 3 is 2.65 bits per heavy atom. The average molecular weight is 391 g/mol. The molecule has 1 aliphatic heterocycles. The Balaban J connectivity index is 1.93. The predicted molar refractivity (Wildman–Crippen MR) is 96.7 cm³/mol. The molecule has 3 rings (SSSR count). The fourth-order valence-corrected chi connectivity index (χ4v) is 4.31. The van der Waals surface area contributed by atoms with Gasteiger partial charge in [0.05, 0.1) is 16.7 Å². The molecule has 0 saturated carbocycles. The Bertz CT molecular complexity index is 1040. The Morgan fingerprint density at radius 1 is 1.31 bits per heavy atom. The fourth-order valence-electron chi connectivity index (χ4n) is 3.05. The number of carbonyl (C=O) groups excluding carboxylic acids is 1. The highest BCUT2D eigenvalue weighted by molar-refractivity contribution is 7.87. The van der Waals surface area contributed by atoms with Crippen molar-refractivity contribution in [1.82, 2.24) is 0 Å². The van der Waals surface area contributed by atoms with Crippen molar-refractivity contribution in [2.24, 2.45) is 0 Å². The summed E-state index contributed by atoms with van der Waals surface area (Å²) in [6.07, 6.45) is 0.565. The van der Waals surface area contributed by atoms with Crippen LogP contribution in [0.5, 0.6) is 5.75 Å². The maximum Gasteiger partial charge on any atom is 0.339 e. The summed E-state index contributed by atoms with van der Waals surface area (Å²) in [7, 11) is -4.10. The average Bonchev–Trinajstić information content (AvgIpc) is 2.91. The van der Waals surface area contributed by atoms with Crippen molar-refractivity contribution in [1.29, 1.82) is 5.26 Å². The molecule has 1 aliphatic rings. The maximum absolute atomic E-state index is 12.6. The summed E-state index contributed by atoms with van der Waals surface area (Å²) in [6.45, 7) is 3.38. The summed E-state index contributed by atoms with van der Waals surface area (Å²) in [4.78, 5) is 13.4. The fraction of sp³-hybridized carbons (Fsp3) is 0.222. The lowest BCUT2D eigenvalue weighted by atomic mass is 10.1. The van der Waals surface area contributed by atoms with Crippen LogP contribution in [0.3, 0.4) is 0 Å². The Kier molecular flexibility index (Phi) is 4.65. The summed E-state index contributed by atoms with van der Waals surface area (Å²) in [5, 5.41) is 8.87. The lowest BCUT2D eigenvalue weighted by molar-refractivity contribution is -0.116. The smallest absolute Gasteiger partial charge is 0.339 e. The van der Waals surface area contributed by atoms with Gasteiger partial charge in [0.15, 0.2) is 5.75 Å². The summed E-state index contributed by atoms with van der Waals surface area (Å²) in [5.41, 5.74) is 1.78. The molecule has 0 N–H and O–H groups in total. The van der Waals surface area contributed by atoms with Crippen molar-refractivity contribution < 1.29 is 17.4 Å². The monoisotopic (exact) mass is 390 g/mol. The molecule has 2 aromatic rings. The van der Waals surface area contributed by atoms with Crippen molar-refractivity contribution in [3.8, 4) is 11.8 Å². The standard InChI is InChI=1S/C18H15ClN2O4S/c1-11-7-14-9-15(4-5-17(14)21(11)12(2)22)26(23,24)25-18-6-3-13(10-20)8-16(18)19/h3-6,8-9,11H,7H2,1-2H3. The summed E-state index contributed by atoms with van der Waals surface area (Å²) >= 11 is 5.98. The van der Waals surface area contributed by atoms with Gasteiger partial charge in [-0.2, -0.15) is 13.7 Å². The van der Waals surface area contributed by atoms with Gasteiger partial charge in [-0.25, -0.2) is 0 Å². The molecule has 8 heteroatoms. The zero-order valence-corrected chi connectivity index (χ0v) is 15.6. The second-order valence-corrected chi connectivity index (χ2v) is 7.98. The second kappa shape index (κ2) is 6.63. The van der Waals surface area contributed by atoms with Gasteiger partial charge < -0.3 is 9.08 Å². The molecule has 26 heavy (non-hydrogen) atoms. The van der Waals surface area contributed by atoms with Crippen LogP contribution in [0.15, 0.2) is 41.3 Å². The third-order valence-corrected chi connectivity index (χ3v) is 5.68. The molecule has 0 bridgehead atoms. The van der Waals surface area contributed by atoms with Crippen LogP contribution in [-0.2, 0) is 21.3 Å². The van der Waals surface area contributed by atoms with Crippen molar-refractivity contribution in [3.63, 3.8) is 0 Å². The Hall–Kier alpha value is -2.56. The van der Waals surface area contributed by atoms with E-state index >= 15 is 0 Å². The summed E-state index contributed by atoms with van der Waals surface area (Å²) in [5.74, 6) is -0.141. The van der Waals surface area contributed by atoms with Gasteiger partial charge in [-0.1, -0.05) is 11.6 Å². The van der Waals surface area contributed by atoms with Crippen LogP contribution < -0.4 is 9.08 Å². The minimum atomic E-state index is -4.10. The van der Waals surface area contributed by atoms with E-state index in [4.69, 9.17) is 21.0 Å². The van der Waals surface area contributed by atoms with Crippen LogP contribution >= 0.6 is 11.6 Å². The molecular formula is C18H15ClN2O4S. The number of hydrogen-bond donors (Lipinski definition) is 0. The van der Waals surface area contributed by atoms with Crippen LogP contribution in [0.25, 0.3) is 0 Å². The summed E-state index contributed by atoms with van der Waals surface area (Å²) in [6, 6.07) is 10.5. The van der Waals surface area contributed by atoms with Gasteiger partial charge in [0, 0.05) is 18.7 Å². The minimum absolute atomic E-state index is 0.0192. The largest absolute Gasteiger partial charge is 0.377 e. The van der Waals surface area contributed by atoms with Crippen LogP contribution in [0.1, 0.15) is 25.0 Å². The number of fused-ring (bicyclic) bond motifs is 1. The molecule has 0 saturated heterocycles. The Labute approximate surface area is 156 Å². The van der Waals surface area contributed by atoms with E-state index in [1.54, 1.807) is 11.0 Å². The molecule has 1 amide bonds. The van der Waals surface area contributed by atoms with Gasteiger partial charge in [0.25, 0.3) is 0 Å². The van der Waals surface area contributed by atoms with Gasteiger partial charge in [-0.05, 0) is 55.3 Å². The van der Waals surface area contributed by atoms with Crippen molar-refractivity contribution in [2.75, 3.05) is 4.90 Å². The molecule has 134 valence electrons. The third kappa shape index (κ3) is 3.26. The topological polar surface area (TPSA) is 87.5 Å². The first-order valence-electron chi connectivity index (χ1n) is 7.80. The lowest BCUT2D eigenvalue weighted by Gasteiger charge is -2.20. The molecule has 0 aromatic heterocycles. The highest BCUT2D eigenvalue weighted by Crippen LogP contribution is 2.35. The zero-order chi connectivity index (χ0) is 19.1. The van der Waals surface area contributed by atoms with Crippen LogP contribution in [-0.4, -0.2) is 20.4 Å². The predicted octanol–water partition coefficient (Wildman–Crippen LogP) is 3.28. The number of benzene rings is 2. The second-order valence-electron chi connectivity index (χ2n) is 6.03. The minimum Gasteiger partial charge on any atom is -0.377 e. The molecule has 1 atom stereocenters. The third-order valence-electron chi connectivity index (χ3n) is 4.15. The molecular weight excluding hydrogens is 376 g/mol. The van der Waals surface area contributed by atoms with E-state index in [0.29, 0.717) is 17.7 Å². The van der Waals surface area contributed by atoms with E-state index in [9.17, 15) is 13.2 Å². The van der Waals surface area contributed by atoms with E-state index < -0.39 is 10.1 Å². The number of anilines is 1. The number of nitriles is 1. The highest BCUT2D eigenvalue weighted by atomic mass is 35.5. The van der Waals surface area contributed by atoms with Gasteiger partial charge in [0.2, 0.25) is 5.91 Å². The van der Waals surface area contributed by atoms with E-state index in [1.807, 2.05) is 13.0 Å². The normalized spacial score (nSPS) is 16.1. The number of rotatable bonds is 3. The molecule has 0 radical (unpaired) electrons. The number of carbonyl (C=O) groups is 1. The molecule has 0 aliphatic carbocycles. The quantitative estimate of drug-likeness (QED) is 0.750. The van der Waals surface area contributed by atoms with Crippen molar-refractivity contribution in [2.45, 2.75) is 31.2 Å². The number of amides is 1. The van der Waals surface area contributed by atoms with E-state index in [2.05, 4.69) is 0 Å². The summed E-state index contributed by atoms with van der Waals surface area (Å²) < 4.78 is 30.3. The van der Waals surface area contributed by atoms with Crippen LogP contribution in [0.2, 0.25) is 5.02 Å². The molecule has 6 nitrogen and oxygen atoms in total. The van der Waals surface area contributed by atoms with Crippen molar-refractivity contribution in [3.05, 3.63) is 52.5 Å². The molecule has 1 unspecified atom stereocenters. The van der Waals surface area contributed by atoms with Gasteiger partial charge >= 0.3 is 10.1 Å². The molecule has 2 aromatic carbocycles. The molecule has 0 fully saturated rings. The highest BCUT2D eigenvalue weighted by Gasteiger charge is 2.30. The molecule has 1 heterocycles. The zero-order valence-electron chi connectivity index (χ0n) is 14.1. The first-order chi connectivity index (χ1) is 12.2. The maximum atomic E-state index is 12.6.